The van der Waals surface area contributed by atoms with Gasteiger partial charge in [-0.25, -0.2) is 0 Å². The van der Waals surface area contributed by atoms with E-state index in [9.17, 15) is 19.2 Å². The molecule has 0 radical (unpaired) electrons. The maximum Gasteiger partial charge on any atom is 0.294 e. The lowest BCUT2D eigenvalue weighted by atomic mass is 10.1. The van der Waals surface area contributed by atoms with Gasteiger partial charge in [-0.05, 0) is 48.9 Å². The maximum absolute atomic E-state index is 13.0. The molecular weight excluding hydrogens is 508 g/mol. The maximum atomic E-state index is 13.0. The number of hydrogen-bond acceptors (Lipinski definition) is 7. The van der Waals surface area contributed by atoms with Crippen molar-refractivity contribution in [2.45, 2.75) is 19.4 Å². The van der Waals surface area contributed by atoms with Crippen molar-refractivity contribution in [1.82, 2.24) is 14.4 Å². The molecular formula is C27H24N4O6S. The number of nitrogens with zero attached hydrogens (tertiary/aromatic N) is 3. The van der Waals surface area contributed by atoms with E-state index in [2.05, 4.69) is 5.32 Å². The first kappa shape index (κ1) is 24.1. The van der Waals surface area contributed by atoms with Crippen molar-refractivity contribution in [3.63, 3.8) is 0 Å². The SMILES string of the molecule is O=C(Cn1cc(/C=C2\SC(=O)N(CC(=O)N3CCCC3)C2=O)c2ccccc21)Nc1ccc2c(c1)OCO2. The Morgan fingerprint density at radius 3 is 2.63 bits per heavy atom. The Bertz CT molecular complexity index is 1510. The number of benzene rings is 2. The minimum Gasteiger partial charge on any atom is -0.454 e. The van der Waals surface area contributed by atoms with E-state index in [1.165, 1.54) is 0 Å². The van der Waals surface area contributed by atoms with Crippen molar-refractivity contribution in [1.29, 1.82) is 0 Å². The normalized spacial score (nSPS) is 17.7. The zero-order valence-corrected chi connectivity index (χ0v) is 21.2. The smallest absolute Gasteiger partial charge is 0.294 e. The average Bonchev–Trinajstić information content (AvgIpc) is 3.70. The summed E-state index contributed by atoms with van der Waals surface area (Å²) >= 11 is 0.822. The molecule has 11 heteroatoms. The summed E-state index contributed by atoms with van der Waals surface area (Å²) in [5.74, 6) is 0.277. The lowest BCUT2D eigenvalue weighted by Gasteiger charge is -2.18. The van der Waals surface area contributed by atoms with Gasteiger partial charge in [-0.15, -0.1) is 0 Å². The van der Waals surface area contributed by atoms with Crippen molar-refractivity contribution in [2.75, 3.05) is 31.7 Å². The van der Waals surface area contributed by atoms with Crippen LogP contribution in [0.1, 0.15) is 18.4 Å². The largest absolute Gasteiger partial charge is 0.454 e. The second-order valence-corrected chi connectivity index (χ2v) is 10.2. The van der Waals surface area contributed by atoms with E-state index in [-0.39, 0.29) is 36.6 Å². The second-order valence-electron chi connectivity index (χ2n) is 9.20. The van der Waals surface area contributed by atoms with Gasteiger partial charge in [-0.3, -0.25) is 24.1 Å². The van der Waals surface area contributed by atoms with E-state index in [0.29, 0.717) is 35.8 Å². The Kier molecular flexibility index (Phi) is 6.28. The van der Waals surface area contributed by atoms with Crippen LogP contribution in [0.4, 0.5) is 10.5 Å². The van der Waals surface area contributed by atoms with Crippen LogP contribution in [-0.2, 0) is 20.9 Å². The van der Waals surface area contributed by atoms with Gasteiger partial charge in [-0.2, -0.15) is 0 Å². The Hall–Kier alpha value is -4.25. The highest BCUT2D eigenvalue weighted by atomic mass is 32.2. The Morgan fingerprint density at radius 2 is 1.79 bits per heavy atom. The molecule has 4 amide bonds. The zero-order valence-electron chi connectivity index (χ0n) is 20.3. The summed E-state index contributed by atoms with van der Waals surface area (Å²) in [7, 11) is 0. The molecule has 0 spiro atoms. The number of hydrogen-bond donors (Lipinski definition) is 1. The molecule has 3 aliphatic heterocycles. The topological polar surface area (TPSA) is 110 Å². The molecule has 2 fully saturated rings. The lowest BCUT2D eigenvalue weighted by Crippen LogP contribution is -2.40. The molecule has 0 atom stereocenters. The molecule has 4 heterocycles. The van der Waals surface area contributed by atoms with Crippen LogP contribution in [0.5, 0.6) is 11.5 Å². The number of imide groups is 1. The predicted molar refractivity (Wildman–Crippen MR) is 142 cm³/mol. The van der Waals surface area contributed by atoms with Crippen LogP contribution >= 0.6 is 11.8 Å². The molecule has 0 saturated carbocycles. The first-order valence-electron chi connectivity index (χ1n) is 12.3. The van der Waals surface area contributed by atoms with E-state index in [1.807, 2.05) is 24.3 Å². The summed E-state index contributed by atoms with van der Waals surface area (Å²) in [5.41, 5.74) is 2.10. The molecule has 3 aliphatic rings. The fourth-order valence-electron chi connectivity index (χ4n) is 4.83. The number of carbonyl (C=O) groups is 4. The minimum absolute atomic E-state index is 0.0363. The number of amides is 4. The highest BCUT2D eigenvalue weighted by Gasteiger charge is 2.37. The van der Waals surface area contributed by atoms with E-state index < -0.39 is 11.1 Å². The fourth-order valence-corrected chi connectivity index (χ4v) is 5.66. The minimum atomic E-state index is -0.482. The van der Waals surface area contributed by atoms with E-state index in [4.69, 9.17) is 9.47 Å². The monoisotopic (exact) mass is 532 g/mol. The molecule has 3 aromatic rings. The third-order valence-corrected chi connectivity index (χ3v) is 7.61. The van der Waals surface area contributed by atoms with Crippen LogP contribution in [0.2, 0.25) is 0 Å². The standard InChI is InChI=1S/C27H24N4O6S/c32-24(28-18-7-8-21-22(12-18)37-16-36-21)14-30-13-17(19-5-1-2-6-20(19)30)11-23-26(34)31(27(35)38-23)15-25(33)29-9-3-4-10-29/h1-2,5-8,11-13H,3-4,9-10,14-16H2,(H,28,32)/b23-11-. The van der Waals surface area contributed by atoms with Gasteiger partial charge in [0.15, 0.2) is 11.5 Å². The van der Waals surface area contributed by atoms with Gasteiger partial charge in [0.2, 0.25) is 18.6 Å². The number of para-hydroxylation sites is 1. The molecule has 2 saturated heterocycles. The molecule has 0 bridgehead atoms. The van der Waals surface area contributed by atoms with Crippen molar-refractivity contribution < 1.29 is 28.7 Å². The number of thioether (sulfide) groups is 1. The van der Waals surface area contributed by atoms with Crippen LogP contribution in [0.3, 0.4) is 0 Å². The van der Waals surface area contributed by atoms with Crippen LogP contribution in [0.15, 0.2) is 53.6 Å². The summed E-state index contributed by atoms with van der Waals surface area (Å²) < 4.78 is 12.5. The number of rotatable bonds is 6. The Morgan fingerprint density at radius 1 is 1.00 bits per heavy atom. The number of likely N-dealkylation sites (tertiary alicyclic amines) is 1. The number of fused-ring (bicyclic) bond motifs is 2. The van der Waals surface area contributed by atoms with Crippen LogP contribution < -0.4 is 14.8 Å². The van der Waals surface area contributed by atoms with Gasteiger partial charge in [0.1, 0.15) is 13.1 Å². The molecule has 38 heavy (non-hydrogen) atoms. The number of aromatic nitrogens is 1. The van der Waals surface area contributed by atoms with Crippen molar-refractivity contribution in [3.05, 3.63) is 59.1 Å². The summed E-state index contributed by atoms with van der Waals surface area (Å²) in [6.07, 6.45) is 5.31. The number of carbonyl (C=O) groups excluding carboxylic acids is 4. The predicted octanol–water partition coefficient (Wildman–Crippen LogP) is 3.67. The molecule has 10 nitrogen and oxygen atoms in total. The van der Waals surface area contributed by atoms with E-state index >= 15 is 0 Å². The van der Waals surface area contributed by atoms with Gasteiger partial charge in [0.25, 0.3) is 11.1 Å². The summed E-state index contributed by atoms with van der Waals surface area (Å²) in [6.45, 7) is 1.26. The number of anilines is 1. The van der Waals surface area contributed by atoms with E-state index in [0.717, 1.165) is 40.4 Å². The fraction of sp³-hybridized carbons (Fsp3) is 0.259. The molecule has 194 valence electrons. The molecule has 0 unspecified atom stereocenters. The summed E-state index contributed by atoms with van der Waals surface area (Å²) in [4.78, 5) is 53.9. The zero-order chi connectivity index (χ0) is 26.2. The van der Waals surface area contributed by atoms with E-state index in [1.54, 1.807) is 39.9 Å². The molecule has 1 N–H and O–H groups in total. The highest BCUT2D eigenvalue weighted by Crippen LogP contribution is 2.35. The Balaban J connectivity index is 1.20. The van der Waals surface area contributed by atoms with Crippen molar-refractivity contribution in [2.24, 2.45) is 0 Å². The van der Waals surface area contributed by atoms with Gasteiger partial charge in [0, 0.05) is 47.5 Å². The Labute approximate surface area is 222 Å². The van der Waals surface area contributed by atoms with Crippen LogP contribution in [0, 0.1) is 0 Å². The molecule has 6 rings (SSSR count). The van der Waals surface area contributed by atoms with Gasteiger partial charge in [-0.1, -0.05) is 18.2 Å². The first-order chi connectivity index (χ1) is 18.5. The molecule has 2 aromatic carbocycles. The lowest BCUT2D eigenvalue weighted by molar-refractivity contribution is -0.135. The third-order valence-electron chi connectivity index (χ3n) is 6.70. The number of nitrogens with one attached hydrogen (secondary N) is 1. The van der Waals surface area contributed by atoms with Crippen LogP contribution in [0.25, 0.3) is 17.0 Å². The molecule has 0 aliphatic carbocycles. The number of ether oxygens (including phenoxy) is 2. The molecule has 1 aromatic heterocycles. The quantitative estimate of drug-likeness (QED) is 0.483. The highest BCUT2D eigenvalue weighted by molar-refractivity contribution is 8.18. The van der Waals surface area contributed by atoms with Gasteiger partial charge in [0.05, 0.1) is 4.91 Å². The van der Waals surface area contributed by atoms with Crippen molar-refractivity contribution in [3.8, 4) is 11.5 Å². The second kappa shape index (κ2) is 9.90. The first-order valence-corrected chi connectivity index (χ1v) is 13.1. The van der Waals surface area contributed by atoms with Crippen molar-refractivity contribution >= 4 is 57.4 Å². The third kappa shape index (κ3) is 4.60. The van der Waals surface area contributed by atoms with Gasteiger partial charge >= 0.3 is 0 Å². The summed E-state index contributed by atoms with van der Waals surface area (Å²) in [5, 5.41) is 3.25. The summed E-state index contributed by atoms with van der Waals surface area (Å²) in [6, 6.07) is 12.7. The average molecular weight is 533 g/mol. The van der Waals surface area contributed by atoms with Gasteiger partial charge < -0.3 is 24.3 Å². The van der Waals surface area contributed by atoms with Crippen LogP contribution in [-0.4, -0.2) is 63.8 Å².